The number of rotatable bonds is 5. The van der Waals surface area contributed by atoms with E-state index in [1.165, 1.54) is 11.3 Å². The molecular weight excluding hydrogens is 421 g/mol. The second-order valence-corrected chi connectivity index (χ2v) is 7.54. The number of amides is 1. The Bertz CT molecular complexity index is 1140. The summed E-state index contributed by atoms with van der Waals surface area (Å²) in [5.74, 6) is 0.507. The number of nitrogens with one attached hydrogen (secondary N) is 1. The fourth-order valence-corrected chi connectivity index (χ4v) is 3.38. The number of fused-ring (bicyclic) bond motifs is 1. The smallest absolute Gasteiger partial charge is 0.265 e. The summed E-state index contributed by atoms with van der Waals surface area (Å²) in [5, 5.41) is 3.43. The SMILES string of the molecule is C[C@@H](Oc1cccc(Cl)c1Cl)C(=O)Nc1ccc2oc(-c3cncs3)nc2c1. The van der Waals surface area contributed by atoms with Crippen molar-refractivity contribution in [3.8, 4) is 16.5 Å². The highest BCUT2D eigenvalue weighted by atomic mass is 35.5. The maximum atomic E-state index is 12.5. The molecule has 0 saturated heterocycles. The van der Waals surface area contributed by atoms with E-state index in [1.54, 1.807) is 55.0 Å². The van der Waals surface area contributed by atoms with Crippen molar-refractivity contribution in [1.82, 2.24) is 9.97 Å². The van der Waals surface area contributed by atoms with Crippen molar-refractivity contribution in [2.24, 2.45) is 0 Å². The van der Waals surface area contributed by atoms with Gasteiger partial charge in [-0.1, -0.05) is 29.3 Å². The summed E-state index contributed by atoms with van der Waals surface area (Å²) in [4.78, 5) is 21.8. The molecule has 1 atom stereocenters. The van der Waals surface area contributed by atoms with Crippen LogP contribution in [-0.4, -0.2) is 22.0 Å². The first-order chi connectivity index (χ1) is 13.5. The molecule has 2 heterocycles. The van der Waals surface area contributed by atoms with Crippen LogP contribution in [0.3, 0.4) is 0 Å². The van der Waals surface area contributed by atoms with Crippen LogP contribution >= 0.6 is 34.5 Å². The predicted molar refractivity (Wildman–Crippen MR) is 110 cm³/mol. The minimum absolute atomic E-state index is 0.267. The van der Waals surface area contributed by atoms with Crippen LogP contribution in [0.4, 0.5) is 5.69 Å². The van der Waals surface area contributed by atoms with Gasteiger partial charge in [0.15, 0.2) is 11.7 Å². The Morgan fingerprint density at radius 2 is 2.14 bits per heavy atom. The molecule has 2 aromatic heterocycles. The Morgan fingerprint density at radius 3 is 2.93 bits per heavy atom. The zero-order valence-electron chi connectivity index (χ0n) is 14.5. The lowest BCUT2D eigenvalue weighted by atomic mass is 10.2. The number of oxazole rings is 1. The molecule has 142 valence electrons. The molecule has 0 spiro atoms. The topological polar surface area (TPSA) is 77.2 Å². The van der Waals surface area contributed by atoms with E-state index in [9.17, 15) is 4.79 Å². The first-order valence-electron chi connectivity index (χ1n) is 8.22. The quantitative estimate of drug-likeness (QED) is 0.438. The molecule has 0 aliphatic rings. The van der Waals surface area contributed by atoms with Crippen molar-refractivity contribution in [2.75, 3.05) is 5.32 Å². The molecule has 0 saturated carbocycles. The van der Waals surface area contributed by atoms with Gasteiger partial charge in [-0.2, -0.15) is 0 Å². The van der Waals surface area contributed by atoms with Crippen LogP contribution in [0.15, 0.2) is 52.5 Å². The van der Waals surface area contributed by atoms with Crippen LogP contribution in [0.1, 0.15) is 6.92 Å². The molecule has 4 aromatic rings. The summed E-state index contributed by atoms with van der Waals surface area (Å²) in [7, 11) is 0. The number of nitrogens with zero attached hydrogens (tertiary/aromatic N) is 2. The second-order valence-electron chi connectivity index (χ2n) is 5.87. The average Bonchev–Trinajstić information content (AvgIpc) is 3.34. The first kappa shape index (κ1) is 18.7. The molecule has 0 aliphatic heterocycles. The minimum Gasteiger partial charge on any atom is -0.479 e. The van der Waals surface area contributed by atoms with Crippen LogP contribution < -0.4 is 10.1 Å². The maximum absolute atomic E-state index is 12.5. The number of hydrogen-bond donors (Lipinski definition) is 1. The van der Waals surface area contributed by atoms with Gasteiger partial charge in [0, 0.05) is 5.69 Å². The predicted octanol–water partition coefficient (Wildman–Crippen LogP) is 5.66. The normalized spacial score (nSPS) is 12.1. The molecule has 0 aliphatic carbocycles. The number of thiazole rings is 1. The highest BCUT2D eigenvalue weighted by Gasteiger charge is 2.18. The fourth-order valence-electron chi connectivity index (χ4n) is 2.49. The standard InChI is InChI=1S/C19H13Cl2N3O3S/c1-10(26-15-4-2-3-12(20)17(15)21)18(25)23-11-5-6-14-13(7-11)24-19(27-14)16-8-22-9-28-16/h2-10H,1H3,(H,23,25)/t10-/m1/s1. The van der Waals surface area contributed by atoms with E-state index in [-0.39, 0.29) is 10.9 Å². The Kier molecular flexibility index (Phi) is 5.21. The molecule has 1 N–H and O–H groups in total. The van der Waals surface area contributed by atoms with Crippen molar-refractivity contribution < 1.29 is 13.9 Å². The number of carbonyl (C=O) groups excluding carboxylic acids is 1. The monoisotopic (exact) mass is 433 g/mol. The van der Waals surface area contributed by atoms with E-state index in [0.29, 0.717) is 33.4 Å². The van der Waals surface area contributed by atoms with E-state index >= 15 is 0 Å². The van der Waals surface area contributed by atoms with Gasteiger partial charge in [0.05, 0.1) is 16.7 Å². The van der Waals surface area contributed by atoms with Gasteiger partial charge in [-0.15, -0.1) is 11.3 Å². The van der Waals surface area contributed by atoms with E-state index in [0.717, 1.165) is 4.88 Å². The van der Waals surface area contributed by atoms with E-state index in [2.05, 4.69) is 15.3 Å². The number of hydrogen-bond acceptors (Lipinski definition) is 6. The zero-order valence-corrected chi connectivity index (χ0v) is 16.8. The third-order valence-corrected chi connectivity index (χ3v) is 5.45. The molecule has 28 heavy (non-hydrogen) atoms. The summed E-state index contributed by atoms with van der Waals surface area (Å²) in [6.07, 6.45) is 0.912. The van der Waals surface area contributed by atoms with Crippen molar-refractivity contribution in [1.29, 1.82) is 0 Å². The Hall–Kier alpha value is -2.61. The van der Waals surface area contributed by atoms with Gasteiger partial charge in [-0.25, -0.2) is 4.98 Å². The summed E-state index contributed by atoms with van der Waals surface area (Å²) in [6.45, 7) is 1.63. The average molecular weight is 434 g/mol. The molecule has 1 amide bonds. The van der Waals surface area contributed by atoms with Gasteiger partial charge in [0.25, 0.3) is 5.91 Å². The van der Waals surface area contributed by atoms with E-state index in [4.69, 9.17) is 32.4 Å². The highest BCUT2D eigenvalue weighted by Crippen LogP contribution is 2.32. The number of benzene rings is 2. The molecule has 0 unspecified atom stereocenters. The van der Waals surface area contributed by atoms with Crippen molar-refractivity contribution in [2.45, 2.75) is 13.0 Å². The number of halogens is 2. The summed E-state index contributed by atoms with van der Waals surface area (Å²) >= 11 is 13.5. The largest absolute Gasteiger partial charge is 0.479 e. The number of carbonyl (C=O) groups is 1. The molecule has 4 rings (SSSR count). The Balaban J connectivity index is 1.49. The van der Waals surface area contributed by atoms with Crippen molar-refractivity contribution in [3.05, 3.63) is 58.2 Å². The van der Waals surface area contributed by atoms with Gasteiger partial charge in [-0.3, -0.25) is 9.78 Å². The first-order valence-corrected chi connectivity index (χ1v) is 9.86. The molecule has 0 fully saturated rings. The van der Waals surface area contributed by atoms with Crippen molar-refractivity contribution in [3.63, 3.8) is 0 Å². The molecule has 2 aromatic carbocycles. The Morgan fingerprint density at radius 1 is 1.29 bits per heavy atom. The summed E-state index contributed by atoms with van der Waals surface area (Å²) < 4.78 is 11.4. The number of ether oxygens (including phenoxy) is 1. The molecule has 0 bridgehead atoms. The van der Waals surface area contributed by atoms with Gasteiger partial charge in [0.2, 0.25) is 5.89 Å². The van der Waals surface area contributed by atoms with Gasteiger partial charge in [0.1, 0.15) is 21.2 Å². The molecule has 9 heteroatoms. The lowest BCUT2D eigenvalue weighted by Crippen LogP contribution is -2.30. The van der Waals surface area contributed by atoms with Gasteiger partial charge < -0.3 is 14.5 Å². The fraction of sp³-hybridized carbons (Fsp3) is 0.105. The van der Waals surface area contributed by atoms with Crippen LogP contribution in [-0.2, 0) is 4.79 Å². The second kappa shape index (κ2) is 7.79. The number of anilines is 1. The summed E-state index contributed by atoms with van der Waals surface area (Å²) in [5.41, 5.74) is 3.54. The van der Waals surface area contributed by atoms with Crippen molar-refractivity contribution >= 4 is 57.2 Å². The highest BCUT2D eigenvalue weighted by molar-refractivity contribution is 7.13. The molecular formula is C19H13Cl2N3O3S. The minimum atomic E-state index is -0.781. The third-order valence-electron chi connectivity index (χ3n) is 3.89. The summed E-state index contributed by atoms with van der Waals surface area (Å²) in [6, 6.07) is 10.2. The third kappa shape index (κ3) is 3.82. The van der Waals surface area contributed by atoms with E-state index < -0.39 is 6.10 Å². The van der Waals surface area contributed by atoms with Crippen LogP contribution in [0.2, 0.25) is 10.0 Å². The van der Waals surface area contributed by atoms with Gasteiger partial charge >= 0.3 is 0 Å². The zero-order chi connectivity index (χ0) is 19.7. The lowest BCUT2D eigenvalue weighted by molar-refractivity contribution is -0.122. The maximum Gasteiger partial charge on any atom is 0.265 e. The van der Waals surface area contributed by atoms with Crippen LogP contribution in [0.25, 0.3) is 21.9 Å². The molecule has 0 radical (unpaired) electrons. The number of aromatic nitrogens is 2. The van der Waals surface area contributed by atoms with Crippen LogP contribution in [0, 0.1) is 0 Å². The van der Waals surface area contributed by atoms with Gasteiger partial charge in [-0.05, 0) is 37.3 Å². The van der Waals surface area contributed by atoms with Crippen LogP contribution in [0.5, 0.6) is 5.75 Å². The Labute approximate surface area is 174 Å². The molecule has 6 nitrogen and oxygen atoms in total. The lowest BCUT2D eigenvalue weighted by Gasteiger charge is -2.16. The van der Waals surface area contributed by atoms with E-state index in [1.807, 2.05) is 0 Å².